The van der Waals surface area contributed by atoms with E-state index in [4.69, 9.17) is 0 Å². The molecule has 3 aromatic rings. The highest BCUT2D eigenvalue weighted by atomic mass is 14.1. The van der Waals surface area contributed by atoms with Crippen molar-refractivity contribution >= 4 is 12.7 Å². The molecule has 0 heterocycles. The maximum Gasteiger partial charge on any atom is 0.152 e. The molecule has 0 saturated heterocycles. The van der Waals surface area contributed by atoms with E-state index < -0.39 is 0 Å². The van der Waals surface area contributed by atoms with Crippen LogP contribution in [0.2, 0.25) is 6.32 Å². The van der Waals surface area contributed by atoms with Crippen molar-refractivity contribution in [3.8, 4) is 0 Å². The summed E-state index contributed by atoms with van der Waals surface area (Å²) in [6.45, 7) is 0. The summed E-state index contributed by atoms with van der Waals surface area (Å²) in [4.78, 5) is 0. The molecule has 0 fully saturated rings. The van der Waals surface area contributed by atoms with Gasteiger partial charge in [0.25, 0.3) is 0 Å². The predicted molar refractivity (Wildman–Crippen MR) is 91.4 cm³/mol. The number of rotatable bonds is 5. The van der Waals surface area contributed by atoms with Gasteiger partial charge in [-0.3, -0.25) is 0 Å². The van der Waals surface area contributed by atoms with Gasteiger partial charge in [-0.15, -0.1) is 0 Å². The van der Waals surface area contributed by atoms with E-state index in [1.54, 1.807) is 0 Å². The quantitative estimate of drug-likeness (QED) is 0.607. The Morgan fingerprint density at radius 3 is 1.48 bits per heavy atom. The van der Waals surface area contributed by atoms with E-state index in [9.17, 15) is 0 Å². The molecular formula is C20H18B. The zero-order valence-corrected chi connectivity index (χ0v) is 12.0. The third kappa shape index (κ3) is 3.63. The first-order chi connectivity index (χ1) is 10.4. The Morgan fingerprint density at radius 2 is 1.00 bits per heavy atom. The molecule has 0 saturated carbocycles. The van der Waals surface area contributed by atoms with Gasteiger partial charge in [0.15, 0.2) is 7.28 Å². The highest BCUT2D eigenvalue weighted by Crippen LogP contribution is 2.27. The summed E-state index contributed by atoms with van der Waals surface area (Å²) in [7, 11) is 2.32. The third-order valence-electron chi connectivity index (χ3n) is 3.79. The van der Waals surface area contributed by atoms with Crippen LogP contribution in [-0.4, -0.2) is 7.28 Å². The van der Waals surface area contributed by atoms with Crippen LogP contribution in [0.15, 0.2) is 91.0 Å². The van der Waals surface area contributed by atoms with Crippen molar-refractivity contribution in [2.75, 3.05) is 0 Å². The van der Waals surface area contributed by atoms with Gasteiger partial charge in [0.2, 0.25) is 0 Å². The van der Waals surface area contributed by atoms with Gasteiger partial charge in [-0.05, 0) is 11.1 Å². The average molecular weight is 269 g/mol. The van der Waals surface area contributed by atoms with Crippen LogP contribution in [0.1, 0.15) is 17.0 Å². The van der Waals surface area contributed by atoms with Gasteiger partial charge in [-0.25, -0.2) is 0 Å². The zero-order valence-electron chi connectivity index (χ0n) is 12.0. The summed E-state index contributed by atoms with van der Waals surface area (Å²) in [6.07, 6.45) is 1.01. The highest BCUT2D eigenvalue weighted by Gasteiger charge is 2.14. The van der Waals surface area contributed by atoms with Gasteiger partial charge in [0.05, 0.1) is 0 Å². The van der Waals surface area contributed by atoms with Gasteiger partial charge in [-0.1, -0.05) is 103 Å². The van der Waals surface area contributed by atoms with Crippen molar-refractivity contribution in [2.45, 2.75) is 12.2 Å². The van der Waals surface area contributed by atoms with Crippen molar-refractivity contribution in [3.63, 3.8) is 0 Å². The van der Waals surface area contributed by atoms with E-state index in [0.717, 1.165) is 6.32 Å². The minimum atomic E-state index is 0.410. The summed E-state index contributed by atoms with van der Waals surface area (Å²) in [5.41, 5.74) is 4.03. The van der Waals surface area contributed by atoms with Gasteiger partial charge in [0.1, 0.15) is 0 Å². The molecule has 0 amide bonds. The van der Waals surface area contributed by atoms with Crippen LogP contribution < -0.4 is 5.46 Å². The molecule has 0 aromatic heterocycles. The predicted octanol–water partition coefficient (Wildman–Crippen LogP) is 4.27. The van der Waals surface area contributed by atoms with Crippen molar-refractivity contribution in [2.24, 2.45) is 0 Å². The van der Waals surface area contributed by atoms with Crippen LogP contribution in [-0.2, 0) is 0 Å². The molecule has 0 atom stereocenters. The van der Waals surface area contributed by atoms with Crippen molar-refractivity contribution in [3.05, 3.63) is 102 Å². The summed E-state index contributed by atoms with van der Waals surface area (Å²) >= 11 is 0. The summed E-state index contributed by atoms with van der Waals surface area (Å²) in [5, 5.41) is 0. The van der Waals surface area contributed by atoms with Crippen LogP contribution in [0.4, 0.5) is 0 Å². The van der Waals surface area contributed by atoms with Gasteiger partial charge >= 0.3 is 0 Å². The Balaban J connectivity index is 1.83. The molecule has 0 nitrogen and oxygen atoms in total. The molecule has 0 aliphatic carbocycles. The van der Waals surface area contributed by atoms with Gasteiger partial charge in [-0.2, -0.15) is 0 Å². The maximum atomic E-state index is 2.32. The molecule has 0 spiro atoms. The molecule has 1 heteroatoms. The zero-order chi connectivity index (χ0) is 14.3. The van der Waals surface area contributed by atoms with Crippen LogP contribution in [0.25, 0.3) is 0 Å². The lowest BCUT2D eigenvalue weighted by Gasteiger charge is -2.18. The number of hydrogen-bond donors (Lipinski definition) is 0. The van der Waals surface area contributed by atoms with Crippen LogP contribution >= 0.6 is 0 Å². The number of benzene rings is 3. The molecular weight excluding hydrogens is 251 g/mol. The molecule has 0 aliphatic heterocycles. The summed E-state index contributed by atoms with van der Waals surface area (Å²) in [6, 6.07) is 32.1. The molecule has 0 unspecified atom stereocenters. The Hall–Kier alpha value is -2.28. The van der Waals surface area contributed by atoms with E-state index in [0.29, 0.717) is 5.92 Å². The fourth-order valence-corrected chi connectivity index (χ4v) is 2.68. The molecule has 101 valence electrons. The second-order valence-corrected chi connectivity index (χ2v) is 5.22. The Morgan fingerprint density at radius 1 is 0.571 bits per heavy atom. The van der Waals surface area contributed by atoms with Crippen LogP contribution in [0, 0.1) is 0 Å². The Bertz CT molecular complexity index is 608. The van der Waals surface area contributed by atoms with E-state index >= 15 is 0 Å². The molecule has 3 rings (SSSR count). The maximum absolute atomic E-state index is 2.32. The van der Waals surface area contributed by atoms with Gasteiger partial charge < -0.3 is 0 Å². The van der Waals surface area contributed by atoms with Crippen LogP contribution in [0.3, 0.4) is 0 Å². The first-order valence-electron chi connectivity index (χ1n) is 7.41. The largest absolute Gasteiger partial charge is 0.152 e. The van der Waals surface area contributed by atoms with Crippen molar-refractivity contribution in [1.29, 1.82) is 0 Å². The summed E-state index contributed by atoms with van der Waals surface area (Å²) in [5.74, 6) is 0.410. The Kier molecular flexibility index (Phi) is 4.53. The molecule has 21 heavy (non-hydrogen) atoms. The van der Waals surface area contributed by atoms with E-state index in [1.165, 1.54) is 16.6 Å². The van der Waals surface area contributed by atoms with Gasteiger partial charge in [0, 0.05) is 5.92 Å². The molecule has 1 radical (unpaired) electrons. The smallest absolute Gasteiger partial charge is 0.0878 e. The standard InChI is InChI=1S/C20H18B/c1-4-10-17(11-5-1)20(18-12-6-2-7-13-18)16-21-19-14-8-3-9-15-19/h1-15,20H,16H2. The molecule has 0 bridgehead atoms. The highest BCUT2D eigenvalue weighted by molar-refractivity contribution is 6.53. The fraction of sp³-hybridized carbons (Fsp3) is 0.100. The van der Waals surface area contributed by atoms with E-state index in [2.05, 4.69) is 98.3 Å². The lowest BCUT2D eigenvalue weighted by atomic mass is 9.61. The Labute approximate surface area is 127 Å². The SMILES string of the molecule is [B](CC(c1ccccc1)c1ccccc1)c1ccccc1. The number of hydrogen-bond acceptors (Lipinski definition) is 0. The van der Waals surface area contributed by atoms with E-state index in [1.807, 2.05) is 0 Å². The first-order valence-corrected chi connectivity index (χ1v) is 7.41. The average Bonchev–Trinajstić information content (AvgIpc) is 2.58. The normalized spacial score (nSPS) is 10.5. The molecule has 3 aromatic carbocycles. The topological polar surface area (TPSA) is 0 Å². The molecule has 0 aliphatic rings. The van der Waals surface area contributed by atoms with Crippen molar-refractivity contribution < 1.29 is 0 Å². The monoisotopic (exact) mass is 269 g/mol. The lowest BCUT2D eigenvalue weighted by molar-refractivity contribution is 0.916. The third-order valence-corrected chi connectivity index (χ3v) is 3.79. The first kappa shape index (κ1) is 13.7. The van der Waals surface area contributed by atoms with Crippen molar-refractivity contribution in [1.82, 2.24) is 0 Å². The van der Waals surface area contributed by atoms with Crippen LogP contribution in [0.5, 0.6) is 0 Å². The second kappa shape index (κ2) is 6.94. The molecule has 0 N–H and O–H groups in total. The van der Waals surface area contributed by atoms with E-state index in [-0.39, 0.29) is 0 Å². The summed E-state index contributed by atoms with van der Waals surface area (Å²) < 4.78 is 0. The lowest BCUT2D eigenvalue weighted by Crippen LogP contribution is -2.16. The minimum absolute atomic E-state index is 0.410. The minimum Gasteiger partial charge on any atom is -0.0878 e. The second-order valence-electron chi connectivity index (χ2n) is 5.22. The fourth-order valence-electron chi connectivity index (χ4n) is 2.68.